The molecule has 1 fully saturated rings. The minimum atomic E-state index is -0.772. The molecule has 3 aromatic rings. The van der Waals surface area contributed by atoms with Gasteiger partial charge >= 0.3 is 13.1 Å². The van der Waals surface area contributed by atoms with Gasteiger partial charge in [-0.3, -0.25) is 4.79 Å². The first-order valence-electron chi connectivity index (χ1n) is 15.1. The van der Waals surface area contributed by atoms with Crippen molar-refractivity contribution in [2.75, 3.05) is 11.4 Å². The summed E-state index contributed by atoms with van der Waals surface area (Å²) in [6.45, 7) is 14.5. The van der Waals surface area contributed by atoms with Crippen molar-refractivity contribution in [2.45, 2.75) is 84.7 Å². The Bertz CT molecular complexity index is 1660. The Hall–Kier alpha value is -4.02. The summed E-state index contributed by atoms with van der Waals surface area (Å²) in [4.78, 5) is 38.6. The third-order valence-corrected chi connectivity index (χ3v) is 8.72. The molecule has 0 spiro atoms. The topological polar surface area (TPSA) is 102 Å². The highest BCUT2D eigenvalue weighted by molar-refractivity contribution is 6.63. The Labute approximate surface area is 259 Å². The molecule has 1 N–H and O–H groups in total. The third kappa shape index (κ3) is 5.76. The minimum Gasteiger partial charge on any atom is -0.455 e. The number of amidine groups is 1. The summed E-state index contributed by atoms with van der Waals surface area (Å²) in [5.74, 6) is 0.527. The van der Waals surface area contributed by atoms with Gasteiger partial charge in [0.15, 0.2) is 5.69 Å². The normalized spacial score (nSPS) is 18.4. The van der Waals surface area contributed by atoms with E-state index in [1.807, 2.05) is 97.0 Å². The van der Waals surface area contributed by atoms with Crippen LogP contribution in [0.1, 0.15) is 86.0 Å². The van der Waals surface area contributed by atoms with Crippen LogP contribution >= 0.6 is 0 Å². The van der Waals surface area contributed by atoms with Crippen molar-refractivity contribution in [2.24, 2.45) is 4.99 Å². The largest absolute Gasteiger partial charge is 0.497 e. The van der Waals surface area contributed by atoms with Crippen LogP contribution in [0, 0.1) is 0 Å². The summed E-state index contributed by atoms with van der Waals surface area (Å²) in [7, 11) is -0.772. The number of carbonyl (C=O) groups excluding carboxylic acids is 2. The zero-order valence-corrected chi connectivity index (χ0v) is 26.5. The summed E-state index contributed by atoms with van der Waals surface area (Å²) in [6.07, 6.45) is 1.32. The van der Waals surface area contributed by atoms with E-state index in [9.17, 15) is 9.59 Å². The van der Waals surface area contributed by atoms with Crippen LogP contribution in [0.3, 0.4) is 0 Å². The summed E-state index contributed by atoms with van der Waals surface area (Å²) < 4.78 is 18.3. The number of carbonyl (C=O) groups is 2. The number of pyridine rings is 1. The van der Waals surface area contributed by atoms with Crippen LogP contribution in [0.4, 0.5) is 11.5 Å². The predicted octanol–water partition coefficient (Wildman–Crippen LogP) is 4.91. The lowest BCUT2D eigenvalue weighted by Gasteiger charge is -2.32. The lowest BCUT2D eigenvalue weighted by Crippen LogP contribution is -2.41. The van der Waals surface area contributed by atoms with Crippen molar-refractivity contribution in [3.8, 4) is 0 Å². The van der Waals surface area contributed by atoms with E-state index in [1.54, 1.807) is 0 Å². The second-order valence-electron chi connectivity index (χ2n) is 13.6. The molecule has 0 saturated carbocycles. The molecule has 9 nitrogen and oxygen atoms in total. The predicted molar refractivity (Wildman–Crippen MR) is 171 cm³/mol. The number of anilines is 1. The zero-order valence-electron chi connectivity index (χ0n) is 26.5. The molecule has 1 amide bonds. The number of hydrogen-bond donors (Lipinski definition) is 1. The number of nitrogens with zero attached hydrogens (tertiary/aromatic N) is 3. The number of amides is 1. The monoisotopic (exact) mass is 594 g/mol. The maximum atomic E-state index is 13.5. The van der Waals surface area contributed by atoms with Gasteiger partial charge < -0.3 is 24.3 Å². The Morgan fingerprint density at radius 2 is 1.66 bits per heavy atom. The molecule has 0 unspecified atom stereocenters. The maximum Gasteiger partial charge on any atom is 0.497 e. The first-order valence-corrected chi connectivity index (χ1v) is 15.1. The highest BCUT2D eigenvalue weighted by Gasteiger charge is 2.53. The summed E-state index contributed by atoms with van der Waals surface area (Å²) in [5.41, 5.74) is 3.45. The minimum absolute atomic E-state index is 0.159. The van der Waals surface area contributed by atoms with E-state index in [2.05, 4.69) is 21.3 Å². The van der Waals surface area contributed by atoms with Gasteiger partial charge in [0.25, 0.3) is 5.91 Å². The van der Waals surface area contributed by atoms with Crippen molar-refractivity contribution < 1.29 is 23.6 Å². The number of esters is 1. The van der Waals surface area contributed by atoms with Crippen molar-refractivity contribution in [3.05, 3.63) is 82.5 Å². The van der Waals surface area contributed by atoms with Crippen molar-refractivity contribution >= 4 is 41.8 Å². The molecule has 10 heteroatoms. The van der Waals surface area contributed by atoms with Crippen molar-refractivity contribution in [1.82, 2.24) is 10.3 Å². The Morgan fingerprint density at radius 3 is 2.36 bits per heavy atom. The molecule has 0 radical (unpaired) electrons. The second-order valence-corrected chi connectivity index (χ2v) is 13.6. The van der Waals surface area contributed by atoms with Gasteiger partial charge in [-0.05, 0) is 89.8 Å². The highest BCUT2D eigenvalue weighted by atomic mass is 16.7. The smallest absolute Gasteiger partial charge is 0.455 e. The van der Waals surface area contributed by atoms with E-state index in [0.717, 1.165) is 28.8 Å². The molecule has 3 aliphatic rings. The number of rotatable bonds is 4. The van der Waals surface area contributed by atoms with E-state index in [-0.39, 0.29) is 11.6 Å². The molecule has 0 atom stereocenters. The van der Waals surface area contributed by atoms with E-state index in [4.69, 9.17) is 19.0 Å². The molecular formula is C34H39BN4O5. The molecule has 1 saturated heterocycles. The number of para-hydroxylation sites is 1. The van der Waals surface area contributed by atoms with Crippen LogP contribution in [0.15, 0.2) is 59.6 Å². The maximum absolute atomic E-state index is 13.5. The Balaban J connectivity index is 1.28. The molecule has 44 heavy (non-hydrogen) atoms. The van der Waals surface area contributed by atoms with Gasteiger partial charge in [-0.25, -0.2) is 14.8 Å². The molecule has 228 valence electrons. The van der Waals surface area contributed by atoms with Crippen molar-refractivity contribution in [1.29, 1.82) is 0 Å². The van der Waals surface area contributed by atoms with Crippen LogP contribution < -0.4 is 15.7 Å². The third-order valence-electron chi connectivity index (χ3n) is 8.72. The first-order chi connectivity index (χ1) is 20.7. The number of aromatic nitrogens is 1. The fraction of sp³-hybridized carbons (Fsp3) is 0.412. The number of ether oxygens (including phenoxy) is 1. The number of aliphatic imine (C=N–C) groups is 1. The average molecular weight is 595 g/mol. The molecular weight excluding hydrogens is 555 g/mol. The SMILES string of the molecule is CC(C)(C)OC(=O)c1nc(N2CCc3cccc(C(=O)NC4=Nc5ccccc5C4)c3C2)ccc1B1OC(C)(C)C(C)(C)O1. The van der Waals surface area contributed by atoms with E-state index < -0.39 is 29.9 Å². The molecule has 1 aromatic heterocycles. The molecule has 0 bridgehead atoms. The number of benzene rings is 2. The van der Waals surface area contributed by atoms with Crippen LogP contribution in [0.2, 0.25) is 0 Å². The average Bonchev–Trinajstić information content (AvgIpc) is 3.46. The first kappa shape index (κ1) is 30.0. The second kappa shape index (κ2) is 10.9. The van der Waals surface area contributed by atoms with E-state index >= 15 is 0 Å². The number of fused-ring (bicyclic) bond motifs is 2. The lowest BCUT2D eigenvalue weighted by molar-refractivity contribution is 0.00578. The quantitative estimate of drug-likeness (QED) is 0.338. The van der Waals surface area contributed by atoms with Crippen LogP contribution in [0.25, 0.3) is 0 Å². The van der Waals surface area contributed by atoms with E-state index in [1.165, 1.54) is 0 Å². The molecule has 6 rings (SSSR count). The van der Waals surface area contributed by atoms with Gasteiger partial charge in [0.1, 0.15) is 17.3 Å². The lowest BCUT2D eigenvalue weighted by atomic mass is 9.77. The van der Waals surface area contributed by atoms with Gasteiger partial charge in [0.2, 0.25) is 0 Å². The fourth-order valence-corrected chi connectivity index (χ4v) is 5.68. The molecule has 3 aliphatic heterocycles. The highest BCUT2D eigenvalue weighted by Crippen LogP contribution is 2.37. The number of nitrogens with one attached hydrogen (secondary N) is 1. The van der Waals surface area contributed by atoms with Gasteiger partial charge in [0, 0.05) is 30.5 Å². The van der Waals surface area contributed by atoms with Crippen LogP contribution in [-0.2, 0) is 33.4 Å². The Morgan fingerprint density at radius 1 is 0.955 bits per heavy atom. The van der Waals surface area contributed by atoms with Gasteiger partial charge in [-0.2, -0.15) is 0 Å². The zero-order chi connectivity index (χ0) is 31.4. The van der Waals surface area contributed by atoms with Gasteiger partial charge in [0.05, 0.1) is 16.9 Å². The Kier molecular flexibility index (Phi) is 7.41. The fourth-order valence-electron chi connectivity index (χ4n) is 5.68. The molecule has 0 aliphatic carbocycles. The van der Waals surface area contributed by atoms with Crippen LogP contribution in [0.5, 0.6) is 0 Å². The molecule has 2 aromatic carbocycles. The summed E-state index contributed by atoms with van der Waals surface area (Å²) >= 11 is 0. The number of hydrogen-bond acceptors (Lipinski definition) is 8. The van der Waals surface area contributed by atoms with E-state index in [0.29, 0.717) is 42.2 Å². The van der Waals surface area contributed by atoms with Gasteiger partial charge in [-0.1, -0.05) is 36.4 Å². The summed E-state index contributed by atoms with van der Waals surface area (Å²) in [6, 6.07) is 17.5. The summed E-state index contributed by atoms with van der Waals surface area (Å²) in [5, 5.41) is 3.03. The van der Waals surface area contributed by atoms with Gasteiger partial charge in [-0.15, -0.1) is 0 Å². The molecule has 4 heterocycles. The van der Waals surface area contributed by atoms with Crippen molar-refractivity contribution in [3.63, 3.8) is 0 Å². The standard InChI is InChI=1S/C34H39BN4O5/c1-32(2,3)42-31(41)29-25(35-43-33(4,5)34(6,7)44-35)15-16-28(38-29)39-18-17-21-12-10-13-23(24(21)20-39)30(40)37-27-19-22-11-8-9-14-26(22)36-27/h8-16H,17-20H2,1-7H3,(H,36,37,40). The van der Waals surface area contributed by atoms with Crippen LogP contribution in [-0.4, -0.2) is 53.2 Å².